The highest BCUT2D eigenvalue weighted by atomic mass is 15.2. The molecule has 0 unspecified atom stereocenters. The number of hydrogen-bond donors (Lipinski definition) is 1. The van der Waals surface area contributed by atoms with Crippen LogP contribution in [0.3, 0.4) is 0 Å². The molecule has 0 aliphatic heterocycles. The van der Waals surface area contributed by atoms with Crippen LogP contribution in [0.5, 0.6) is 0 Å². The monoisotopic (exact) mass is 315 g/mol. The predicted octanol–water partition coefficient (Wildman–Crippen LogP) is 1.37. The number of nitrogens with one attached hydrogen (secondary N) is 1. The van der Waals surface area contributed by atoms with E-state index in [9.17, 15) is 0 Å². The molecule has 0 bridgehead atoms. The summed E-state index contributed by atoms with van der Waals surface area (Å²) in [5.41, 5.74) is 4.92. The Morgan fingerprint density at radius 2 is 2.00 bits per heavy atom. The van der Waals surface area contributed by atoms with Crippen LogP contribution in [-0.2, 0) is 7.05 Å². The van der Waals surface area contributed by atoms with Gasteiger partial charge in [-0.2, -0.15) is 5.10 Å². The van der Waals surface area contributed by atoms with Gasteiger partial charge >= 0.3 is 0 Å². The van der Waals surface area contributed by atoms with Crippen molar-refractivity contribution in [3.63, 3.8) is 0 Å². The Bertz CT molecular complexity index is 1030. The first-order chi connectivity index (χ1) is 11.6. The minimum atomic E-state index is 0.520. The molecule has 8 heteroatoms. The van der Waals surface area contributed by atoms with Crippen LogP contribution in [0.2, 0.25) is 0 Å². The quantitative estimate of drug-likeness (QED) is 0.578. The first-order valence-corrected chi connectivity index (χ1v) is 7.42. The fourth-order valence-electron chi connectivity index (χ4n) is 2.56. The number of hydrogen-bond acceptors (Lipinski definition) is 5. The highest BCUT2D eigenvalue weighted by Crippen LogP contribution is 2.24. The molecule has 0 aliphatic carbocycles. The van der Waals surface area contributed by atoms with Gasteiger partial charge in [0.2, 0.25) is 0 Å². The maximum absolute atomic E-state index is 5.76. The summed E-state index contributed by atoms with van der Waals surface area (Å²) in [6, 6.07) is 1.93. The molecule has 0 fully saturated rings. The van der Waals surface area contributed by atoms with Gasteiger partial charge in [0.1, 0.15) is 7.85 Å². The van der Waals surface area contributed by atoms with Gasteiger partial charge in [0.15, 0.2) is 11.5 Å². The van der Waals surface area contributed by atoms with Crippen molar-refractivity contribution in [1.29, 1.82) is 0 Å². The molecule has 4 aromatic heterocycles. The number of aryl methyl sites for hydroxylation is 2. The molecule has 24 heavy (non-hydrogen) atoms. The largest absolute Gasteiger partial charge is 0.336 e. The zero-order chi connectivity index (χ0) is 16.7. The van der Waals surface area contributed by atoms with E-state index in [0.717, 1.165) is 28.2 Å². The standard InChI is InChI=1S/C16H14BN7/c1-10-5-12(7-19-14(10)17)22-15-16-20-8-13(24(16)4-3-18-15)11-6-21-23(2)9-11/h3-9H,1-2H3,(H,18,22). The Hall–Kier alpha value is -3.16. The van der Waals surface area contributed by atoms with E-state index >= 15 is 0 Å². The Labute approximate surface area is 139 Å². The molecule has 1 N–H and O–H groups in total. The predicted molar refractivity (Wildman–Crippen MR) is 92.8 cm³/mol. The van der Waals surface area contributed by atoms with Crippen LogP contribution in [0.4, 0.5) is 11.5 Å². The average Bonchev–Trinajstić information content (AvgIpc) is 3.17. The van der Waals surface area contributed by atoms with E-state index in [1.807, 2.05) is 49.2 Å². The van der Waals surface area contributed by atoms with Crippen LogP contribution in [0, 0.1) is 6.92 Å². The van der Waals surface area contributed by atoms with Crippen LogP contribution in [0.25, 0.3) is 16.9 Å². The smallest absolute Gasteiger partial charge is 0.180 e. The van der Waals surface area contributed by atoms with Crippen molar-refractivity contribution in [2.45, 2.75) is 6.92 Å². The van der Waals surface area contributed by atoms with Gasteiger partial charge in [-0.05, 0) is 24.1 Å². The first-order valence-electron chi connectivity index (χ1n) is 7.42. The van der Waals surface area contributed by atoms with E-state index in [4.69, 9.17) is 7.85 Å². The van der Waals surface area contributed by atoms with Crippen LogP contribution < -0.4 is 10.9 Å². The molecule has 116 valence electrons. The number of imidazole rings is 1. The van der Waals surface area contributed by atoms with Crippen LogP contribution in [0.15, 0.2) is 43.2 Å². The van der Waals surface area contributed by atoms with Crippen molar-refractivity contribution in [2.75, 3.05) is 5.32 Å². The lowest BCUT2D eigenvalue weighted by atomic mass is 9.98. The molecule has 0 aliphatic rings. The van der Waals surface area contributed by atoms with Gasteiger partial charge in [-0.15, -0.1) is 0 Å². The number of fused-ring (bicyclic) bond motifs is 1. The minimum Gasteiger partial charge on any atom is -0.336 e. The zero-order valence-electron chi connectivity index (χ0n) is 13.3. The maximum atomic E-state index is 5.76. The van der Waals surface area contributed by atoms with Gasteiger partial charge in [0.05, 0.1) is 23.8 Å². The number of nitrogens with zero attached hydrogens (tertiary/aromatic N) is 6. The number of pyridine rings is 1. The Morgan fingerprint density at radius 1 is 1.12 bits per heavy atom. The van der Waals surface area contributed by atoms with Gasteiger partial charge in [0, 0.05) is 37.4 Å². The van der Waals surface area contributed by atoms with E-state index in [-0.39, 0.29) is 0 Å². The molecular formula is C16H14BN7. The van der Waals surface area contributed by atoms with Gasteiger partial charge in [-0.3, -0.25) is 14.1 Å². The average molecular weight is 315 g/mol. The second-order valence-corrected chi connectivity index (χ2v) is 5.57. The Morgan fingerprint density at radius 3 is 2.75 bits per heavy atom. The van der Waals surface area contributed by atoms with Gasteiger partial charge in [-0.25, -0.2) is 9.97 Å². The lowest BCUT2D eigenvalue weighted by molar-refractivity contribution is 0.768. The highest BCUT2D eigenvalue weighted by molar-refractivity contribution is 6.31. The Kier molecular flexibility index (Phi) is 3.30. The van der Waals surface area contributed by atoms with Gasteiger partial charge in [-0.1, -0.05) is 0 Å². The molecule has 0 spiro atoms. The summed E-state index contributed by atoms with van der Waals surface area (Å²) in [5.74, 6) is 0.651. The van der Waals surface area contributed by atoms with Crippen LogP contribution in [-0.4, -0.2) is 37.0 Å². The molecule has 0 saturated carbocycles. The molecule has 0 amide bonds. The zero-order valence-corrected chi connectivity index (χ0v) is 13.3. The molecule has 2 radical (unpaired) electrons. The van der Waals surface area contributed by atoms with Crippen molar-refractivity contribution >= 4 is 30.6 Å². The summed E-state index contributed by atoms with van der Waals surface area (Å²) in [6.07, 6.45) is 10.9. The Balaban J connectivity index is 1.77. The topological polar surface area (TPSA) is 72.9 Å². The fraction of sp³-hybridized carbons (Fsp3) is 0.125. The summed E-state index contributed by atoms with van der Waals surface area (Å²) < 4.78 is 3.74. The maximum Gasteiger partial charge on any atom is 0.180 e. The molecule has 7 nitrogen and oxygen atoms in total. The SMILES string of the molecule is [B]c1ncc(Nc2nccn3c(-c4cnn(C)c4)cnc23)cc1C. The summed E-state index contributed by atoms with van der Waals surface area (Å²) in [5, 5.41) is 7.46. The fourth-order valence-corrected chi connectivity index (χ4v) is 2.56. The van der Waals surface area contributed by atoms with E-state index in [0.29, 0.717) is 11.4 Å². The second-order valence-electron chi connectivity index (χ2n) is 5.57. The second kappa shape index (κ2) is 5.49. The lowest BCUT2D eigenvalue weighted by Gasteiger charge is -2.09. The molecule has 0 saturated heterocycles. The summed E-state index contributed by atoms with van der Waals surface area (Å²) >= 11 is 0. The van der Waals surface area contributed by atoms with E-state index in [1.54, 1.807) is 17.1 Å². The summed E-state index contributed by atoms with van der Waals surface area (Å²) in [4.78, 5) is 13.0. The third-order valence-corrected chi connectivity index (χ3v) is 3.81. The third-order valence-electron chi connectivity index (χ3n) is 3.81. The minimum absolute atomic E-state index is 0.520. The highest BCUT2D eigenvalue weighted by Gasteiger charge is 2.12. The van der Waals surface area contributed by atoms with Crippen molar-refractivity contribution in [3.8, 4) is 11.3 Å². The molecule has 0 atom stereocenters. The lowest BCUT2D eigenvalue weighted by Crippen LogP contribution is -2.12. The van der Waals surface area contributed by atoms with Crippen molar-refractivity contribution in [2.24, 2.45) is 7.05 Å². The van der Waals surface area contributed by atoms with E-state index in [1.165, 1.54) is 0 Å². The summed E-state index contributed by atoms with van der Waals surface area (Å²) in [7, 11) is 7.65. The molecule has 0 aromatic carbocycles. The van der Waals surface area contributed by atoms with Gasteiger partial charge in [0.25, 0.3) is 0 Å². The molecule has 4 heterocycles. The first kappa shape index (κ1) is 14.4. The van der Waals surface area contributed by atoms with Crippen LogP contribution >= 0.6 is 0 Å². The molecular weight excluding hydrogens is 301 g/mol. The number of anilines is 2. The van der Waals surface area contributed by atoms with Crippen molar-refractivity contribution in [1.82, 2.24) is 29.1 Å². The van der Waals surface area contributed by atoms with Crippen LogP contribution in [0.1, 0.15) is 5.56 Å². The van der Waals surface area contributed by atoms with Crippen molar-refractivity contribution < 1.29 is 0 Å². The molecule has 4 rings (SSSR count). The summed E-state index contributed by atoms with van der Waals surface area (Å²) in [6.45, 7) is 1.91. The normalized spacial score (nSPS) is 11.1. The van der Waals surface area contributed by atoms with E-state index < -0.39 is 0 Å². The van der Waals surface area contributed by atoms with E-state index in [2.05, 4.69) is 25.4 Å². The van der Waals surface area contributed by atoms with Crippen molar-refractivity contribution in [3.05, 3.63) is 48.8 Å². The number of rotatable bonds is 3. The molecule has 4 aromatic rings. The van der Waals surface area contributed by atoms with Gasteiger partial charge < -0.3 is 5.32 Å². The third kappa shape index (κ3) is 2.42. The number of aromatic nitrogens is 6.